The molecule has 0 saturated carbocycles. The Morgan fingerprint density at radius 1 is 1.38 bits per heavy atom. The third-order valence-corrected chi connectivity index (χ3v) is 5.52. The maximum atomic E-state index is 12.2. The van der Waals surface area contributed by atoms with Crippen molar-refractivity contribution in [2.45, 2.75) is 11.3 Å². The highest BCUT2D eigenvalue weighted by Gasteiger charge is 2.28. The molecule has 8 heteroatoms. The van der Waals surface area contributed by atoms with Gasteiger partial charge in [-0.3, -0.25) is 4.79 Å². The highest BCUT2D eigenvalue weighted by molar-refractivity contribution is 7.89. The minimum absolute atomic E-state index is 0.180. The van der Waals surface area contributed by atoms with E-state index in [4.69, 9.17) is 11.5 Å². The Morgan fingerprint density at radius 2 is 2.05 bits per heavy atom. The summed E-state index contributed by atoms with van der Waals surface area (Å²) in [5, 5.41) is 0. The molecule has 1 amide bonds. The zero-order valence-electron chi connectivity index (χ0n) is 12.1. The molecule has 4 N–H and O–H groups in total. The number of nitrogen functional groups attached to an aromatic ring is 1. The summed E-state index contributed by atoms with van der Waals surface area (Å²) in [6.07, 6.45) is 0.652. The highest BCUT2D eigenvalue weighted by Crippen LogP contribution is 2.31. The summed E-state index contributed by atoms with van der Waals surface area (Å²) >= 11 is 0. The van der Waals surface area contributed by atoms with Crippen LogP contribution in [0.25, 0.3) is 0 Å². The molecule has 1 aromatic rings. The van der Waals surface area contributed by atoms with Gasteiger partial charge in [0.25, 0.3) is 0 Å². The van der Waals surface area contributed by atoms with Gasteiger partial charge in [0.15, 0.2) is 0 Å². The third kappa shape index (κ3) is 2.96. The van der Waals surface area contributed by atoms with E-state index in [1.54, 1.807) is 12.1 Å². The van der Waals surface area contributed by atoms with E-state index in [2.05, 4.69) is 0 Å². The fourth-order valence-corrected chi connectivity index (χ4v) is 3.30. The van der Waals surface area contributed by atoms with Gasteiger partial charge in [-0.1, -0.05) is 0 Å². The second-order valence-electron chi connectivity index (χ2n) is 5.34. The number of hydrogen-bond donors (Lipinski definition) is 2. The lowest BCUT2D eigenvalue weighted by Gasteiger charge is -2.22. The summed E-state index contributed by atoms with van der Waals surface area (Å²) in [5.41, 5.74) is 12.4. The van der Waals surface area contributed by atoms with Crippen molar-refractivity contribution < 1.29 is 13.2 Å². The fourth-order valence-electron chi connectivity index (χ4n) is 2.38. The van der Waals surface area contributed by atoms with Crippen LogP contribution in [0.5, 0.6) is 0 Å². The molecule has 1 heterocycles. The van der Waals surface area contributed by atoms with Crippen LogP contribution in [0.3, 0.4) is 0 Å². The maximum Gasteiger partial charge on any atom is 0.242 e. The maximum absolute atomic E-state index is 12.2. The zero-order chi connectivity index (χ0) is 15.8. The molecule has 21 heavy (non-hydrogen) atoms. The third-order valence-electron chi connectivity index (χ3n) is 3.71. The smallest absolute Gasteiger partial charge is 0.242 e. The van der Waals surface area contributed by atoms with E-state index in [-0.39, 0.29) is 16.7 Å². The topological polar surface area (TPSA) is 110 Å². The molecular formula is C13H20N4O3S. The molecule has 1 unspecified atom stereocenters. The quantitative estimate of drug-likeness (QED) is 0.750. The number of hydrogen-bond acceptors (Lipinski definition) is 5. The lowest BCUT2D eigenvalue weighted by atomic mass is 10.1. The van der Waals surface area contributed by atoms with Crippen molar-refractivity contribution in [3.63, 3.8) is 0 Å². The van der Waals surface area contributed by atoms with Crippen LogP contribution in [0.4, 0.5) is 11.4 Å². The van der Waals surface area contributed by atoms with Crippen molar-refractivity contribution in [3.8, 4) is 0 Å². The van der Waals surface area contributed by atoms with Crippen LogP contribution in [0.2, 0.25) is 0 Å². The predicted molar refractivity (Wildman–Crippen MR) is 81.2 cm³/mol. The van der Waals surface area contributed by atoms with Crippen molar-refractivity contribution in [1.82, 2.24) is 4.31 Å². The Bertz CT molecular complexity index is 657. The minimum Gasteiger partial charge on any atom is -0.397 e. The molecule has 0 bridgehead atoms. The van der Waals surface area contributed by atoms with E-state index in [0.29, 0.717) is 30.9 Å². The number of primary amides is 1. The van der Waals surface area contributed by atoms with Gasteiger partial charge in [0.1, 0.15) is 0 Å². The Morgan fingerprint density at radius 3 is 2.57 bits per heavy atom. The lowest BCUT2D eigenvalue weighted by molar-refractivity contribution is -0.121. The van der Waals surface area contributed by atoms with Gasteiger partial charge in [0, 0.05) is 27.2 Å². The second kappa shape index (κ2) is 5.53. The molecule has 2 rings (SSSR count). The highest BCUT2D eigenvalue weighted by atomic mass is 32.2. The van der Waals surface area contributed by atoms with E-state index in [1.807, 2.05) is 4.90 Å². The van der Waals surface area contributed by atoms with E-state index < -0.39 is 10.0 Å². The molecule has 0 spiro atoms. The first-order valence-electron chi connectivity index (χ1n) is 6.60. The van der Waals surface area contributed by atoms with Gasteiger partial charge >= 0.3 is 0 Å². The Kier molecular flexibility index (Phi) is 4.11. The minimum atomic E-state index is -3.52. The number of rotatable bonds is 4. The normalized spacial score (nSPS) is 19.2. The average Bonchev–Trinajstić information content (AvgIpc) is 2.88. The first kappa shape index (κ1) is 15.6. The van der Waals surface area contributed by atoms with Crippen LogP contribution in [0.1, 0.15) is 6.42 Å². The average molecular weight is 312 g/mol. The van der Waals surface area contributed by atoms with Crippen LogP contribution in [0, 0.1) is 5.92 Å². The number of nitrogens with two attached hydrogens (primary N) is 2. The summed E-state index contributed by atoms with van der Waals surface area (Å²) < 4.78 is 25.5. The molecule has 116 valence electrons. The van der Waals surface area contributed by atoms with E-state index in [1.165, 1.54) is 20.2 Å². The summed E-state index contributed by atoms with van der Waals surface area (Å²) in [6.45, 7) is 1.09. The summed E-state index contributed by atoms with van der Waals surface area (Å²) in [7, 11) is -0.563. The number of anilines is 2. The molecular weight excluding hydrogens is 292 g/mol. The van der Waals surface area contributed by atoms with Crippen molar-refractivity contribution in [2.24, 2.45) is 11.7 Å². The van der Waals surface area contributed by atoms with Crippen LogP contribution in [0.15, 0.2) is 23.1 Å². The van der Waals surface area contributed by atoms with E-state index in [0.717, 1.165) is 4.31 Å². The molecule has 1 aliphatic heterocycles. The van der Waals surface area contributed by atoms with Crippen LogP contribution in [-0.2, 0) is 14.8 Å². The lowest BCUT2D eigenvalue weighted by Crippen LogP contribution is -2.28. The second-order valence-corrected chi connectivity index (χ2v) is 7.49. The first-order valence-corrected chi connectivity index (χ1v) is 8.04. The van der Waals surface area contributed by atoms with Crippen LogP contribution in [-0.4, -0.2) is 45.8 Å². The van der Waals surface area contributed by atoms with Crippen molar-refractivity contribution in [1.29, 1.82) is 0 Å². The molecule has 1 saturated heterocycles. The van der Waals surface area contributed by atoms with E-state index in [9.17, 15) is 13.2 Å². The van der Waals surface area contributed by atoms with Gasteiger partial charge in [0.05, 0.1) is 22.2 Å². The molecule has 0 aromatic heterocycles. The number of sulfonamides is 1. The molecule has 0 radical (unpaired) electrons. The van der Waals surface area contributed by atoms with Gasteiger partial charge in [-0.25, -0.2) is 12.7 Å². The molecule has 1 fully saturated rings. The Labute approximate surface area is 124 Å². The number of carbonyl (C=O) groups excluding carboxylic acids is 1. The van der Waals surface area contributed by atoms with Gasteiger partial charge in [-0.15, -0.1) is 0 Å². The fraction of sp³-hybridized carbons (Fsp3) is 0.462. The molecule has 7 nitrogen and oxygen atoms in total. The van der Waals surface area contributed by atoms with Crippen molar-refractivity contribution >= 4 is 27.3 Å². The summed E-state index contributed by atoms with van der Waals surface area (Å²) in [5.74, 6) is -0.563. The van der Waals surface area contributed by atoms with Gasteiger partial charge in [-0.05, 0) is 24.6 Å². The standard InChI is InChI=1S/C13H20N4O3S/c1-16(2)21(19,20)10-3-4-11(14)12(7-10)17-6-5-9(8-17)13(15)18/h3-4,7,9H,5-6,8,14H2,1-2H3,(H2,15,18). The molecule has 1 atom stereocenters. The predicted octanol–water partition coefficient (Wildman–Crippen LogP) is -0.169. The molecule has 1 aromatic carbocycles. The summed E-state index contributed by atoms with van der Waals surface area (Å²) in [4.78, 5) is 13.3. The largest absolute Gasteiger partial charge is 0.397 e. The zero-order valence-corrected chi connectivity index (χ0v) is 12.9. The van der Waals surface area contributed by atoms with E-state index >= 15 is 0 Å². The van der Waals surface area contributed by atoms with Crippen molar-refractivity contribution in [3.05, 3.63) is 18.2 Å². The first-order chi connectivity index (χ1) is 9.73. The number of carbonyl (C=O) groups is 1. The number of nitrogens with zero attached hydrogens (tertiary/aromatic N) is 2. The van der Waals surface area contributed by atoms with Crippen LogP contribution >= 0.6 is 0 Å². The Balaban J connectivity index is 2.36. The SMILES string of the molecule is CN(C)S(=O)(=O)c1ccc(N)c(N2CCC(C(N)=O)C2)c1. The van der Waals surface area contributed by atoms with Crippen LogP contribution < -0.4 is 16.4 Å². The van der Waals surface area contributed by atoms with Gasteiger partial charge in [-0.2, -0.15) is 0 Å². The monoisotopic (exact) mass is 312 g/mol. The van der Waals surface area contributed by atoms with Gasteiger partial charge < -0.3 is 16.4 Å². The molecule has 1 aliphatic rings. The number of amides is 1. The number of benzene rings is 1. The van der Waals surface area contributed by atoms with Crippen molar-refractivity contribution in [2.75, 3.05) is 37.8 Å². The summed E-state index contributed by atoms with van der Waals surface area (Å²) in [6, 6.07) is 4.60. The van der Waals surface area contributed by atoms with Gasteiger partial charge in [0.2, 0.25) is 15.9 Å². The molecule has 0 aliphatic carbocycles. The Hall–Kier alpha value is -1.80.